The molecule has 18 heavy (non-hydrogen) atoms. The predicted molar refractivity (Wildman–Crippen MR) is 76.9 cm³/mol. The van der Waals surface area contributed by atoms with Gasteiger partial charge in [-0.25, -0.2) is 4.98 Å². The highest BCUT2D eigenvalue weighted by molar-refractivity contribution is 7.07. The Bertz CT molecular complexity index is 828. The second-order valence-corrected chi connectivity index (χ2v) is 5.02. The molecule has 2 nitrogen and oxygen atoms in total. The number of aromatic amines is 1. The SMILES string of the molecule is c1ccc2c(c1)[nH]c1cc(-c3cscn3)ccc12. The molecule has 4 rings (SSSR count). The molecule has 2 heterocycles. The smallest absolute Gasteiger partial charge is 0.0811 e. The third-order valence-electron chi connectivity index (χ3n) is 3.23. The Kier molecular flexibility index (Phi) is 2.02. The molecule has 4 aromatic rings. The molecule has 0 fully saturated rings. The number of fused-ring (bicyclic) bond motifs is 3. The van der Waals surface area contributed by atoms with Crippen LogP contribution < -0.4 is 0 Å². The van der Waals surface area contributed by atoms with Gasteiger partial charge in [0.15, 0.2) is 0 Å². The monoisotopic (exact) mass is 250 g/mol. The molecular weight excluding hydrogens is 240 g/mol. The summed E-state index contributed by atoms with van der Waals surface area (Å²) in [6, 6.07) is 14.9. The predicted octanol–water partition coefficient (Wildman–Crippen LogP) is 4.44. The number of benzene rings is 2. The lowest BCUT2D eigenvalue weighted by Crippen LogP contribution is -1.76. The van der Waals surface area contributed by atoms with Crippen LogP contribution in [0.1, 0.15) is 0 Å². The van der Waals surface area contributed by atoms with Crippen molar-refractivity contribution >= 4 is 33.1 Å². The maximum Gasteiger partial charge on any atom is 0.0811 e. The van der Waals surface area contributed by atoms with Gasteiger partial charge in [0.25, 0.3) is 0 Å². The normalized spacial score (nSPS) is 11.3. The van der Waals surface area contributed by atoms with E-state index in [2.05, 4.69) is 57.8 Å². The molecule has 2 aromatic carbocycles. The molecule has 0 unspecified atom stereocenters. The van der Waals surface area contributed by atoms with E-state index in [1.54, 1.807) is 11.3 Å². The van der Waals surface area contributed by atoms with Gasteiger partial charge in [-0.1, -0.05) is 30.3 Å². The summed E-state index contributed by atoms with van der Waals surface area (Å²) in [5.74, 6) is 0. The van der Waals surface area contributed by atoms with Gasteiger partial charge in [0.05, 0.1) is 11.2 Å². The van der Waals surface area contributed by atoms with Crippen molar-refractivity contribution in [2.45, 2.75) is 0 Å². The van der Waals surface area contributed by atoms with E-state index >= 15 is 0 Å². The summed E-state index contributed by atoms with van der Waals surface area (Å²) in [6.07, 6.45) is 0. The van der Waals surface area contributed by atoms with Gasteiger partial charge in [-0.05, 0) is 12.1 Å². The lowest BCUT2D eigenvalue weighted by Gasteiger charge is -1.97. The fourth-order valence-corrected chi connectivity index (χ4v) is 2.93. The van der Waals surface area contributed by atoms with Crippen LogP contribution in [0.15, 0.2) is 53.4 Å². The van der Waals surface area contributed by atoms with E-state index in [4.69, 9.17) is 0 Å². The summed E-state index contributed by atoms with van der Waals surface area (Å²) in [5, 5.41) is 4.62. The van der Waals surface area contributed by atoms with Crippen molar-refractivity contribution in [2.24, 2.45) is 0 Å². The summed E-state index contributed by atoms with van der Waals surface area (Å²) in [7, 11) is 0. The zero-order chi connectivity index (χ0) is 11.9. The Hall–Kier alpha value is -2.13. The minimum absolute atomic E-state index is 1.04. The quantitative estimate of drug-likeness (QED) is 0.531. The Morgan fingerprint density at radius 3 is 2.72 bits per heavy atom. The van der Waals surface area contributed by atoms with Crippen LogP contribution in [0.4, 0.5) is 0 Å². The maximum atomic E-state index is 4.35. The van der Waals surface area contributed by atoms with E-state index in [0.717, 1.165) is 11.3 Å². The van der Waals surface area contributed by atoms with Gasteiger partial charge >= 0.3 is 0 Å². The van der Waals surface area contributed by atoms with Crippen LogP contribution in [0.5, 0.6) is 0 Å². The van der Waals surface area contributed by atoms with Gasteiger partial charge in [0.2, 0.25) is 0 Å². The van der Waals surface area contributed by atoms with Crippen molar-refractivity contribution in [3.63, 3.8) is 0 Å². The molecule has 0 saturated heterocycles. The average molecular weight is 250 g/mol. The lowest BCUT2D eigenvalue weighted by molar-refractivity contribution is 1.41. The zero-order valence-electron chi connectivity index (χ0n) is 9.55. The summed E-state index contributed by atoms with van der Waals surface area (Å²) in [5.41, 5.74) is 6.42. The van der Waals surface area contributed by atoms with E-state index in [0.29, 0.717) is 0 Å². The molecule has 0 aliphatic carbocycles. The molecular formula is C15H10N2S. The van der Waals surface area contributed by atoms with E-state index in [1.165, 1.54) is 21.8 Å². The van der Waals surface area contributed by atoms with Crippen molar-refractivity contribution < 1.29 is 0 Å². The number of H-pyrrole nitrogens is 1. The highest BCUT2D eigenvalue weighted by Crippen LogP contribution is 2.29. The first-order valence-electron chi connectivity index (χ1n) is 5.81. The first kappa shape index (κ1) is 9.85. The fourth-order valence-electron chi connectivity index (χ4n) is 2.37. The number of nitrogens with zero attached hydrogens (tertiary/aromatic N) is 1. The molecule has 1 N–H and O–H groups in total. The number of para-hydroxylation sites is 1. The summed E-state index contributed by atoms with van der Waals surface area (Å²) in [6.45, 7) is 0. The molecule has 0 aliphatic heterocycles. The Morgan fingerprint density at radius 1 is 0.944 bits per heavy atom. The third kappa shape index (κ3) is 1.38. The van der Waals surface area contributed by atoms with E-state index in [9.17, 15) is 0 Å². The average Bonchev–Trinajstić information content (AvgIpc) is 3.05. The standard InChI is InChI=1S/C15H10N2S/c1-2-4-13-11(3-1)12-6-5-10(7-14(12)17-13)15-8-18-9-16-15/h1-9,17H. The number of rotatable bonds is 1. The van der Waals surface area contributed by atoms with Crippen molar-refractivity contribution in [1.29, 1.82) is 0 Å². The fraction of sp³-hybridized carbons (Fsp3) is 0. The van der Waals surface area contributed by atoms with Crippen LogP contribution in [-0.4, -0.2) is 9.97 Å². The molecule has 0 radical (unpaired) electrons. The Balaban J connectivity index is 2.04. The van der Waals surface area contributed by atoms with Crippen molar-refractivity contribution in [3.8, 4) is 11.3 Å². The first-order valence-corrected chi connectivity index (χ1v) is 6.75. The van der Waals surface area contributed by atoms with Gasteiger partial charge in [0, 0.05) is 32.7 Å². The molecule has 0 amide bonds. The van der Waals surface area contributed by atoms with Crippen molar-refractivity contribution in [2.75, 3.05) is 0 Å². The van der Waals surface area contributed by atoms with Crippen LogP contribution in [0, 0.1) is 0 Å². The van der Waals surface area contributed by atoms with E-state index in [-0.39, 0.29) is 0 Å². The van der Waals surface area contributed by atoms with Crippen LogP contribution >= 0.6 is 11.3 Å². The van der Waals surface area contributed by atoms with Crippen molar-refractivity contribution in [1.82, 2.24) is 9.97 Å². The van der Waals surface area contributed by atoms with E-state index in [1.807, 2.05) is 5.51 Å². The van der Waals surface area contributed by atoms with E-state index < -0.39 is 0 Å². The minimum atomic E-state index is 1.04. The van der Waals surface area contributed by atoms with Gasteiger partial charge in [-0.15, -0.1) is 11.3 Å². The number of thiazole rings is 1. The highest BCUT2D eigenvalue weighted by atomic mass is 32.1. The van der Waals surface area contributed by atoms with Gasteiger partial charge in [-0.3, -0.25) is 0 Å². The molecule has 0 bridgehead atoms. The Morgan fingerprint density at radius 2 is 1.83 bits per heavy atom. The topological polar surface area (TPSA) is 28.7 Å². The van der Waals surface area contributed by atoms with Crippen LogP contribution in [0.2, 0.25) is 0 Å². The zero-order valence-corrected chi connectivity index (χ0v) is 10.4. The Labute approximate surface area is 108 Å². The van der Waals surface area contributed by atoms with Gasteiger partial charge in [0.1, 0.15) is 0 Å². The molecule has 0 saturated carbocycles. The summed E-state index contributed by atoms with van der Waals surface area (Å²) < 4.78 is 0. The summed E-state index contributed by atoms with van der Waals surface area (Å²) >= 11 is 1.62. The molecule has 0 spiro atoms. The minimum Gasteiger partial charge on any atom is -0.354 e. The number of hydrogen-bond acceptors (Lipinski definition) is 2. The van der Waals surface area contributed by atoms with Gasteiger partial charge < -0.3 is 4.98 Å². The second-order valence-electron chi connectivity index (χ2n) is 4.30. The lowest BCUT2D eigenvalue weighted by atomic mass is 10.1. The highest BCUT2D eigenvalue weighted by Gasteiger charge is 2.06. The largest absolute Gasteiger partial charge is 0.354 e. The van der Waals surface area contributed by atoms with Crippen LogP contribution in [-0.2, 0) is 0 Å². The maximum absolute atomic E-state index is 4.35. The molecule has 0 aliphatic rings. The molecule has 3 heteroatoms. The first-order chi connectivity index (χ1) is 8.92. The van der Waals surface area contributed by atoms with Gasteiger partial charge in [-0.2, -0.15) is 0 Å². The molecule has 2 aromatic heterocycles. The second kappa shape index (κ2) is 3.68. The summed E-state index contributed by atoms with van der Waals surface area (Å²) in [4.78, 5) is 7.81. The number of nitrogens with one attached hydrogen (secondary N) is 1. The molecule has 86 valence electrons. The molecule has 0 atom stereocenters. The number of aromatic nitrogens is 2. The third-order valence-corrected chi connectivity index (χ3v) is 3.82. The van der Waals surface area contributed by atoms with Crippen molar-refractivity contribution in [3.05, 3.63) is 53.4 Å². The van der Waals surface area contributed by atoms with Crippen LogP contribution in [0.25, 0.3) is 33.1 Å². The number of hydrogen-bond donors (Lipinski definition) is 1. The van der Waals surface area contributed by atoms with Crippen LogP contribution in [0.3, 0.4) is 0 Å².